The van der Waals surface area contributed by atoms with Gasteiger partial charge in [0.1, 0.15) is 11.6 Å². The summed E-state index contributed by atoms with van der Waals surface area (Å²) in [6, 6.07) is 8.20. The third-order valence-electron chi connectivity index (χ3n) is 2.63. The van der Waals surface area contributed by atoms with Crippen molar-refractivity contribution in [3.8, 4) is 0 Å². The van der Waals surface area contributed by atoms with Gasteiger partial charge in [0.25, 0.3) is 5.91 Å². The highest BCUT2D eigenvalue weighted by Crippen LogP contribution is 2.15. The average molecular weight is 275 g/mol. The van der Waals surface area contributed by atoms with Crippen molar-refractivity contribution in [2.24, 2.45) is 0 Å². The molecule has 0 saturated heterocycles. The molecule has 6 heteroatoms. The number of pyridine rings is 1. The Morgan fingerprint density at radius 3 is 3.00 bits per heavy atom. The number of ether oxygens (including phenoxy) is 1. The normalized spacial score (nSPS) is 10.3. The van der Waals surface area contributed by atoms with Crippen LogP contribution in [0.2, 0.25) is 0 Å². The van der Waals surface area contributed by atoms with Gasteiger partial charge in [-0.3, -0.25) is 4.79 Å². The lowest BCUT2D eigenvalue weighted by atomic mass is 10.2. The SMILES string of the molecule is COCc1cccc(NC(=O)c2cc(F)cnc2N)c1. The van der Waals surface area contributed by atoms with Crippen LogP contribution >= 0.6 is 0 Å². The van der Waals surface area contributed by atoms with Gasteiger partial charge in [-0.25, -0.2) is 9.37 Å². The van der Waals surface area contributed by atoms with Crippen molar-refractivity contribution < 1.29 is 13.9 Å². The van der Waals surface area contributed by atoms with Gasteiger partial charge in [-0.2, -0.15) is 0 Å². The Kier molecular flexibility index (Phi) is 4.27. The number of methoxy groups -OCH3 is 1. The van der Waals surface area contributed by atoms with Crippen LogP contribution in [0.4, 0.5) is 15.9 Å². The van der Waals surface area contributed by atoms with E-state index in [0.29, 0.717) is 12.3 Å². The van der Waals surface area contributed by atoms with E-state index in [2.05, 4.69) is 10.3 Å². The van der Waals surface area contributed by atoms with Crippen LogP contribution in [0, 0.1) is 5.82 Å². The number of anilines is 2. The molecule has 0 aliphatic rings. The Labute approximate surface area is 115 Å². The summed E-state index contributed by atoms with van der Waals surface area (Å²) in [6.07, 6.45) is 0.964. The van der Waals surface area contributed by atoms with Gasteiger partial charge in [-0.1, -0.05) is 12.1 Å². The van der Waals surface area contributed by atoms with Crippen LogP contribution in [0.3, 0.4) is 0 Å². The molecule has 0 fully saturated rings. The Bertz CT molecular complexity index is 632. The zero-order valence-electron chi connectivity index (χ0n) is 10.9. The van der Waals surface area contributed by atoms with Crippen molar-refractivity contribution in [2.45, 2.75) is 6.61 Å². The largest absolute Gasteiger partial charge is 0.383 e. The fourth-order valence-electron chi connectivity index (χ4n) is 1.74. The molecular weight excluding hydrogens is 261 g/mol. The summed E-state index contributed by atoms with van der Waals surface area (Å²) in [5.74, 6) is -1.14. The highest BCUT2D eigenvalue weighted by molar-refractivity contribution is 6.07. The third kappa shape index (κ3) is 3.30. The summed E-state index contributed by atoms with van der Waals surface area (Å²) in [5, 5.41) is 2.64. The van der Waals surface area contributed by atoms with Gasteiger partial charge in [0.2, 0.25) is 0 Å². The first-order chi connectivity index (χ1) is 9.60. The molecule has 5 nitrogen and oxygen atoms in total. The number of carbonyl (C=O) groups excluding carboxylic acids is 1. The molecule has 0 unspecified atom stereocenters. The Hall–Kier alpha value is -2.47. The topological polar surface area (TPSA) is 77.2 Å². The van der Waals surface area contributed by atoms with Gasteiger partial charge >= 0.3 is 0 Å². The van der Waals surface area contributed by atoms with Crippen LogP contribution in [0.15, 0.2) is 36.5 Å². The molecule has 0 radical (unpaired) electrons. The first kappa shape index (κ1) is 14.0. The summed E-state index contributed by atoms with van der Waals surface area (Å²) < 4.78 is 18.1. The summed E-state index contributed by atoms with van der Waals surface area (Å²) in [6.45, 7) is 0.438. The molecule has 0 atom stereocenters. The Morgan fingerprint density at radius 2 is 2.25 bits per heavy atom. The molecular formula is C14H14FN3O2. The maximum atomic E-state index is 13.1. The lowest BCUT2D eigenvalue weighted by molar-refractivity contribution is 0.102. The van der Waals surface area contributed by atoms with Crippen molar-refractivity contribution in [3.05, 3.63) is 53.5 Å². The van der Waals surface area contributed by atoms with Crippen molar-refractivity contribution in [1.29, 1.82) is 0 Å². The number of amides is 1. The Morgan fingerprint density at radius 1 is 1.45 bits per heavy atom. The van der Waals surface area contributed by atoms with E-state index in [-0.39, 0.29) is 11.4 Å². The zero-order valence-corrected chi connectivity index (χ0v) is 10.9. The van der Waals surface area contributed by atoms with E-state index < -0.39 is 11.7 Å². The van der Waals surface area contributed by atoms with Crippen LogP contribution in [0.5, 0.6) is 0 Å². The van der Waals surface area contributed by atoms with Gasteiger partial charge in [-0.05, 0) is 23.8 Å². The van der Waals surface area contributed by atoms with Crippen molar-refractivity contribution in [2.75, 3.05) is 18.2 Å². The minimum atomic E-state index is -0.613. The number of carbonyl (C=O) groups is 1. The van der Waals surface area contributed by atoms with Crippen LogP contribution in [0.1, 0.15) is 15.9 Å². The zero-order chi connectivity index (χ0) is 14.5. The van der Waals surface area contributed by atoms with E-state index >= 15 is 0 Å². The fourth-order valence-corrected chi connectivity index (χ4v) is 1.74. The highest BCUT2D eigenvalue weighted by Gasteiger charge is 2.12. The van der Waals surface area contributed by atoms with Crippen LogP contribution in [0.25, 0.3) is 0 Å². The molecule has 20 heavy (non-hydrogen) atoms. The molecule has 0 aliphatic heterocycles. The number of halogens is 1. The van der Waals surface area contributed by atoms with Gasteiger partial charge in [0.15, 0.2) is 0 Å². The Balaban J connectivity index is 2.19. The molecule has 0 bridgehead atoms. The molecule has 0 spiro atoms. The summed E-state index contributed by atoms with van der Waals surface area (Å²) in [4.78, 5) is 15.6. The van der Waals surface area contributed by atoms with E-state index in [9.17, 15) is 9.18 Å². The molecule has 104 valence electrons. The standard InChI is InChI=1S/C14H14FN3O2/c1-20-8-9-3-2-4-11(5-9)18-14(19)12-6-10(15)7-17-13(12)16/h2-7H,8H2,1H3,(H2,16,17)(H,18,19). The number of nitrogen functional groups attached to an aromatic ring is 1. The minimum absolute atomic E-state index is 0.00199. The van der Waals surface area contributed by atoms with Gasteiger partial charge in [-0.15, -0.1) is 0 Å². The minimum Gasteiger partial charge on any atom is -0.383 e. The van der Waals surface area contributed by atoms with Crippen LogP contribution in [-0.4, -0.2) is 18.0 Å². The number of nitrogens with two attached hydrogens (primary N) is 1. The van der Waals surface area contributed by atoms with Crippen LogP contribution < -0.4 is 11.1 Å². The van der Waals surface area contributed by atoms with Crippen molar-refractivity contribution >= 4 is 17.4 Å². The predicted octanol–water partition coefficient (Wildman–Crippen LogP) is 2.20. The van der Waals surface area contributed by atoms with Crippen LogP contribution in [-0.2, 0) is 11.3 Å². The summed E-state index contributed by atoms with van der Waals surface area (Å²) in [5.41, 5.74) is 7.05. The second-order valence-corrected chi connectivity index (χ2v) is 4.17. The second kappa shape index (κ2) is 6.12. The van der Waals surface area contributed by atoms with Crippen molar-refractivity contribution in [1.82, 2.24) is 4.98 Å². The number of hydrogen-bond acceptors (Lipinski definition) is 4. The molecule has 2 aromatic rings. The highest BCUT2D eigenvalue weighted by atomic mass is 19.1. The monoisotopic (exact) mass is 275 g/mol. The number of nitrogens with zero attached hydrogens (tertiary/aromatic N) is 1. The fraction of sp³-hybridized carbons (Fsp3) is 0.143. The van der Waals surface area contributed by atoms with E-state index in [1.54, 1.807) is 25.3 Å². The molecule has 1 amide bonds. The number of hydrogen-bond donors (Lipinski definition) is 2. The summed E-state index contributed by atoms with van der Waals surface area (Å²) >= 11 is 0. The lowest BCUT2D eigenvalue weighted by Gasteiger charge is -2.08. The maximum Gasteiger partial charge on any atom is 0.259 e. The van der Waals surface area contributed by atoms with E-state index in [4.69, 9.17) is 10.5 Å². The second-order valence-electron chi connectivity index (χ2n) is 4.17. The van der Waals surface area contributed by atoms with E-state index in [1.807, 2.05) is 6.07 Å². The molecule has 1 heterocycles. The number of nitrogens with one attached hydrogen (secondary N) is 1. The first-order valence-corrected chi connectivity index (χ1v) is 5.90. The molecule has 3 N–H and O–H groups in total. The predicted molar refractivity (Wildman–Crippen MR) is 73.7 cm³/mol. The molecule has 0 aliphatic carbocycles. The number of aromatic nitrogens is 1. The van der Waals surface area contributed by atoms with E-state index in [0.717, 1.165) is 17.8 Å². The van der Waals surface area contributed by atoms with Crippen molar-refractivity contribution in [3.63, 3.8) is 0 Å². The average Bonchev–Trinajstić information content (AvgIpc) is 2.42. The molecule has 1 aromatic heterocycles. The molecule has 0 saturated carbocycles. The number of rotatable bonds is 4. The number of benzene rings is 1. The smallest absolute Gasteiger partial charge is 0.259 e. The molecule has 1 aromatic carbocycles. The van der Waals surface area contributed by atoms with Gasteiger partial charge in [0.05, 0.1) is 18.4 Å². The quantitative estimate of drug-likeness (QED) is 0.896. The maximum absolute atomic E-state index is 13.1. The lowest BCUT2D eigenvalue weighted by Crippen LogP contribution is -2.15. The van der Waals surface area contributed by atoms with E-state index in [1.165, 1.54) is 0 Å². The molecule has 2 rings (SSSR count). The van der Waals surface area contributed by atoms with Gasteiger partial charge in [0, 0.05) is 12.8 Å². The first-order valence-electron chi connectivity index (χ1n) is 5.90. The van der Waals surface area contributed by atoms with Gasteiger partial charge < -0.3 is 15.8 Å². The third-order valence-corrected chi connectivity index (χ3v) is 2.63. The summed E-state index contributed by atoms with van der Waals surface area (Å²) in [7, 11) is 1.59.